The minimum absolute atomic E-state index is 0.0595. The van der Waals surface area contributed by atoms with Crippen LogP contribution in [0, 0.1) is 0 Å². The Bertz CT molecular complexity index is 672. The molecular formula is C24H33N3O3. The number of carbonyl (C=O) groups excluding carboxylic acids is 3. The van der Waals surface area contributed by atoms with Crippen molar-refractivity contribution in [1.82, 2.24) is 14.7 Å². The SMILES string of the molecule is O=C(c1cc(C(=O)N2CCCCC2)cc(C(=O)N2CCCCC2)c1)N1CCCCC1. The first kappa shape index (κ1) is 20.9. The number of piperidine rings is 3. The molecule has 3 aliphatic heterocycles. The molecule has 0 bridgehead atoms. The van der Waals surface area contributed by atoms with Gasteiger partial charge in [-0.2, -0.15) is 0 Å². The molecule has 1 aromatic rings. The molecule has 6 nitrogen and oxygen atoms in total. The van der Waals surface area contributed by atoms with Gasteiger partial charge in [-0.3, -0.25) is 14.4 Å². The maximum Gasteiger partial charge on any atom is 0.253 e. The lowest BCUT2D eigenvalue weighted by Gasteiger charge is -2.29. The molecule has 0 aliphatic carbocycles. The van der Waals surface area contributed by atoms with E-state index in [-0.39, 0.29) is 17.7 Å². The lowest BCUT2D eigenvalue weighted by atomic mass is 10.00. The van der Waals surface area contributed by atoms with E-state index in [2.05, 4.69) is 0 Å². The van der Waals surface area contributed by atoms with Crippen LogP contribution in [-0.4, -0.2) is 71.7 Å². The normalized spacial score (nSPS) is 20.2. The number of nitrogens with zero attached hydrogens (tertiary/aromatic N) is 3. The van der Waals surface area contributed by atoms with Crippen LogP contribution in [0.4, 0.5) is 0 Å². The first-order valence-corrected chi connectivity index (χ1v) is 11.7. The molecule has 3 heterocycles. The number of carbonyl (C=O) groups is 3. The van der Waals surface area contributed by atoms with Gasteiger partial charge in [0.2, 0.25) is 0 Å². The van der Waals surface area contributed by atoms with Gasteiger partial charge in [-0.15, -0.1) is 0 Å². The Balaban J connectivity index is 1.64. The van der Waals surface area contributed by atoms with E-state index >= 15 is 0 Å². The highest BCUT2D eigenvalue weighted by Crippen LogP contribution is 2.21. The van der Waals surface area contributed by atoms with Crippen molar-refractivity contribution < 1.29 is 14.4 Å². The van der Waals surface area contributed by atoms with Crippen molar-refractivity contribution in [3.8, 4) is 0 Å². The van der Waals surface area contributed by atoms with E-state index in [1.807, 2.05) is 14.7 Å². The largest absolute Gasteiger partial charge is 0.339 e. The average Bonchev–Trinajstić information content (AvgIpc) is 2.84. The van der Waals surface area contributed by atoms with Gasteiger partial charge in [0.05, 0.1) is 0 Å². The summed E-state index contributed by atoms with van der Waals surface area (Å²) in [5.41, 5.74) is 1.42. The molecule has 3 aliphatic rings. The van der Waals surface area contributed by atoms with Crippen molar-refractivity contribution in [2.75, 3.05) is 39.3 Å². The Kier molecular flexibility index (Phi) is 6.70. The molecule has 3 amide bonds. The lowest BCUT2D eigenvalue weighted by molar-refractivity contribution is 0.0720. The van der Waals surface area contributed by atoms with Gasteiger partial charge in [-0.1, -0.05) is 0 Å². The lowest BCUT2D eigenvalue weighted by Crippen LogP contribution is -2.38. The molecule has 3 fully saturated rings. The summed E-state index contributed by atoms with van der Waals surface area (Å²) in [7, 11) is 0. The smallest absolute Gasteiger partial charge is 0.253 e. The Morgan fingerprint density at radius 3 is 0.900 bits per heavy atom. The quantitative estimate of drug-likeness (QED) is 0.764. The molecule has 0 unspecified atom stereocenters. The molecule has 3 saturated heterocycles. The van der Waals surface area contributed by atoms with Gasteiger partial charge in [0.1, 0.15) is 0 Å². The summed E-state index contributed by atoms with van der Waals surface area (Å²) in [6.45, 7) is 4.49. The molecule has 0 N–H and O–H groups in total. The van der Waals surface area contributed by atoms with Crippen LogP contribution in [-0.2, 0) is 0 Å². The van der Waals surface area contributed by atoms with Gasteiger partial charge in [0.25, 0.3) is 17.7 Å². The van der Waals surface area contributed by atoms with Crippen molar-refractivity contribution in [1.29, 1.82) is 0 Å². The van der Waals surface area contributed by atoms with Crippen molar-refractivity contribution in [3.05, 3.63) is 34.9 Å². The molecule has 6 heteroatoms. The predicted octanol–water partition coefficient (Wildman–Crippen LogP) is 3.56. The zero-order chi connectivity index (χ0) is 20.9. The number of likely N-dealkylation sites (tertiary alicyclic amines) is 3. The summed E-state index contributed by atoms with van der Waals surface area (Å²) in [5.74, 6) is -0.179. The minimum atomic E-state index is -0.0595. The summed E-state index contributed by atoms with van der Waals surface area (Å²) in [6.07, 6.45) is 9.52. The third-order valence-corrected chi connectivity index (χ3v) is 6.60. The Morgan fingerprint density at radius 2 is 0.667 bits per heavy atom. The average molecular weight is 412 g/mol. The van der Waals surface area contributed by atoms with E-state index in [1.54, 1.807) is 18.2 Å². The standard InChI is InChI=1S/C24H33N3O3/c28-22(25-10-4-1-5-11-25)19-16-20(23(29)26-12-6-2-7-13-26)18-21(17-19)24(30)27-14-8-3-9-15-27/h16-18H,1-15H2. The van der Waals surface area contributed by atoms with Crippen LogP contribution in [0.25, 0.3) is 0 Å². The zero-order valence-electron chi connectivity index (χ0n) is 17.9. The fourth-order valence-electron chi connectivity index (χ4n) is 4.84. The van der Waals surface area contributed by atoms with Crippen LogP contribution in [0.3, 0.4) is 0 Å². The summed E-state index contributed by atoms with van der Waals surface area (Å²) in [5, 5.41) is 0. The maximum absolute atomic E-state index is 13.2. The molecule has 0 saturated carbocycles. The maximum atomic E-state index is 13.2. The predicted molar refractivity (Wildman–Crippen MR) is 116 cm³/mol. The summed E-state index contributed by atoms with van der Waals surface area (Å²) >= 11 is 0. The molecule has 162 valence electrons. The summed E-state index contributed by atoms with van der Waals surface area (Å²) < 4.78 is 0. The molecular weight excluding hydrogens is 378 g/mol. The van der Waals surface area contributed by atoms with Gasteiger partial charge >= 0.3 is 0 Å². The van der Waals surface area contributed by atoms with Gasteiger partial charge in [0, 0.05) is 56.0 Å². The number of hydrogen-bond acceptors (Lipinski definition) is 3. The second-order valence-corrected chi connectivity index (χ2v) is 8.86. The van der Waals surface area contributed by atoms with E-state index in [9.17, 15) is 14.4 Å². The Morgan fingerprint density at radius 1 is 0.433 bits per heavy atom. The highest BCUT2D eigenvalue weighted by Gasteiger charge is 2.26. The monoisotopic (exact) mass is 411 g/mol. The topological polar surface area (TPSA) is 60.9 Å². The van der Waals surface area contributed by atoms with Crippen LogP contribution in [0.15, 0.2) is 18.2 Å². The fraction of sp³-hybridized carbons (Fsp3) is 0.625. The van der Waals surface area contributed by atoms with Crippen LogP contribution >= 0.6 is 0 Å². The van der Waals surface area contributed by atoms with Crippen molar-refractivity contribution in [2.24, 2.45) is 0 Å². The van der Waals surface area contributed by atoms with E-state index in [4.69, 9.17) is 0 Å². The Labute approximate surface area is 179 Å². The molecule has 0 atom stereocenters. The van der Waals surface area contributed by atoms with Crippen LogP contribution < -0.4 is 0 Å². The van der Waals surface area contributed by atoms with Crippen LogP contribution in [0.5, 0.6) is 0 Å². The number of hydrogen-bond donors (Lipinski definition) is 0. The second kappa shape index (κ2) is 9.63. The summed E-state index contributed by atoms with van der Waals surface area (Å²) in [4.78, 5) is 45.1. The fourth-order valence-corrected chi connectivity index (χ4v) is 4.84. The first-order valence-electron chi connectivity index (χ1n) is 11.7. The molecule has 30 heavy (non-hydrogen) atoms. The van der Waals surface area contributed by atoms with Crippen molar-refractivity contribution in [2.45, 2.75) is 57.8 Å². The van der Waals surface area contributed by atoms with Gasteiger partial charge in [-0.25, -0.2) is 0 Å². The molecule has 0 aromatic heterocycles. The van der Waals surface area contributed by atoms with Gasteiger partial charge in [0.15, 0.2) is 0 Å². The first-order chi connectivity index (χ1) is 14.6. The minimum Gasteiger partial charge on any atom is -0.339 e. The van der Waals surface area contributed by atoms with Crippen LogP contribution in [0.1, 0.15) is 88.9 Å². The molecule has 4 rings (SSSR count). The number of rotatable bonds is 3. The van der Waals surface area contributed by atoms with E-state index in [0.717, 1.165) is 97.1 Å². The number of benzene rings is 1. The third kappa shape index (κ3) is 4.68. The highest BCUT2D eigenvalue weighted by atomic mass is 16.2. The Hall–Kier alpha value is -2.37. The molecule has 0 radical (unpaired) electrons. The van der Waals surface area contributed by atoms with Gasteiger partial charge < -0.3 is 14.7 Å². The molecule has 0 spiro atoms. The second-order valence-electron chi connectivity index (χ2n) is 8.86. The third-order valence-electron chi connectivity index (χ3n) is 6.60. The van der Waals surface area contributed by atoms with Crippen molar-refractivity contribution in [3.63, 3.8) is 0 Å². The van der Waals surface area contributed by atoms with E-state index in [1.165, 1.54) is 0 Å². The van der Waals surface area contributed by atoms with E-state index < -0.39 is 0 Å². The molecule has 1 aromatic carbocycles. The van der Waals surface area contributed by atoms with Gasteiger partial charge in [-0.05, 0) is 76.0 Å². The number of amides is 3. The zero-order valence-corrected chi connectivity index (χ0v) is 17.9. The van der Waals surface area contributed by atoms with Crippen molar-refractivity contribution >= 4 is 17.7 Å². The summed E-state index contributed by atoms with van der Waals surface area (Å²) in [6, 6.07) is 5.13. The highest BCUT2D eigenvalue weighted by molar-refractivity contribution is 6.04. The van der Waals surface area contributed by atoms with E-state index in [0.29, 0.717) is 16.7 Å². The van der Waals surface area contributed by atoms with Crippen LogP contribution in [0.2, 0.25) is 0 Å².